The fourth-order valence-corrected chi connectivity index (χ4v) is 3.66. The first-order valence-corrected chi connectivity index (χ1v) is 10.0. The molecule has 0 bridgehead atoms. The third kappa shape index (κ3) is 4.58. The Morgan fingerprint density at radius 1 is 1.11 bits per heavy atom. The number of hydrogen-bond donors (Lipinski definition) is 0. The maximum Gasteiger partial charge on any atom is 0.331 e. The Balaban J connectivity index is 1.77. The number of esters is 1. The molecule has 0 N–H and O–H groups in total. The van der Waals surface area contributed by atoms with Crippen molar-refractivity contribution in [3.05, 3.63) is 72.8 Å². The van der Waals surface area contributed by atoms with Gasteiger partial charge in [0.25, 0.3) is 10.0 Å². The Bertz CT molecular complexity index is 1090. The van der Waals surface area contributed by atoms with E-state index in [0.717, 1.165) is 9.66 Å². The van der Waals surface area contributed by atoms with Crippen LogP contribution in [0.4, 0.5) is 0 Å². The van der Waals surface area contributed by atoms with Crippen LogP contribution in [0.5, 0.6) is 0 Å². The fourth-order valence-electron chi connectivity index (χ4n) is 2.45. The molecule has 0 fully saturated rings. The van der Waals surface area contributed by atoms with Gasteiger partial charge in [0.1, 0.15) is 5.60 Å². The molecular weight excluding hydrogens is 378 g/mol. The van der Waals surface area contributed by atoms with E-state index in [-0.39, 0.29) is 4.90 Å². The summed E-state index contributed by atoms with van der Waals surface area (Å²) in [7, 11) is -3.73. The second-order valence-corrected chi connectivity index (χ2v) is 8.93. The molecule has 0 unspecified atom stereocenters. The van der Waals surface area contributed by atoms with Crippen LogP contribution < -0.4 is 0 Å². The zero-order valence-electron chi connectivity index (χ0n) is 15.8. The van der Waals surface area contributed by atoms with Crippen molar-refractivity contribution in [3.63, 3.8) is 0 Å². The molecular formula is C20H21N3O4S. The third-order valence-corrected chi connectivity index (χ3v) is 5.34. The molecule has 7 nitrogen and oxygen atoms in total. The molecule has 0 atom stereocenters. The van der Waals surface area contributed by atoms with Crippen molar-refractivity contribution in [1.82, 2.24) is 13.8 Å². The molecule has 0 radical (unpaired) electrons. The van der Waals surface area contributed by atoms with E-state index in [2.05, 4.69) is 5.10 Å². The monoisotopic (exact) mass is 399 g/mol. The standard InChI is InChI=1S/C20H21N3O4S/c1-20(2,3)27-19(24)10-5-16-11-14-22(15-16)28(25,26)18-8-6-17(7-9-18)23-13-4-12-21-23/h4-15H,1-3H3. The number of carbonyl (C=O) groups is 1. The van der Waals surface area contributed by atoms with Crippen LogP contribution in [0, 0.1) is 0 Å². The summed E-state index contributed by atoms with van der Waals surface area (Å²) in [5.74, 6) is -0.489. The highest BCUT2D eigenvalue weighted by atomic mass is 32.2. The van der Waals surface area contributed by atoms with E-state index in [1.54, 1.807) is 62.1 Å². The van der Waals surface area contributed by atoms with Gasteiger partial charge in [-0.2, -0.15) is 5.10 Å². The highest BCUT2D eigenvalue weighted by Gasteiger charge is 2.17. The van der Waals surface area contributed by atoms with Crippen LogP contribution in [0.15, 0.2) is 72.2 Å². The summed E-state index contributed by atoms with van der Waals surface area (Å²) in [6.07, 6.45) is 9.09. The first-order valence-electron chi connectivity index (χ1n) is 8.60. The van der Waals surface area contributed by atoms with Gasteiger partial charge in [0.05, 0.1) is 10.6 Å². The largest absolute Gasteiger partial charge is 0.457 e. The number of ether oxygens (including phenoxy) is 1. The average Bonchev–Trinajstić information content (AvgIpc) is 3.31. The maximum absolute atomic E-state index is 12.8. The van der Waals surface area contributed by atoms with Gasteiger partial charge in [0.15, 0.2) is 0 Å². The summed E-state index contributed by atoms with van der Waals surface area (Å²) in [6, 6.07) is 9.83. The highest BCUT2D eigenvalue weighted by molar-refractivity contribution is 7.90. The van der Waals surface area contributed by atoms with E-state index in [1.165, 1.54) is 36.7 Å². The lowest BCUT2D eigenvalue weighted by Gasteiger charge is -2.17. The molecule has 146 valence electrons. The summed E-state index contributed by atoms with van der Waals surface area (Å²) in [4.78, 5) is 11.9. The van der Waals surface area contributed by atoms with E-state index in [9.17, 15) is 13.2 Å². The van der Waals surface area contributed by atoms with Gasteiger partial charge in [-0.1, -0.05) is 0 Å². The lowest BCUT2D eigenvalue weighted by Crippen LogP contribution is -2.22. The van der Waals surface area contributed by atoms with Crippen molar-refractivity contribution in [1.29, 1.82) is 0 Å². The fraction of sp³-hybridized carbons (Fsp3) is 0.200. The smallest absolute Gasteiger partial charge is 0.331 e. The van der Waals surface area contributed by atoms with Crippen molar-refractivity contribution in [2.75, 3.05) is 0 Å². The molecule has 0 saturated carbocycles. The molecule has 0 spiro atoms. The van der Waals surface area contributed by atoms with Gasteiger partial charge >= 0.3 is 5.97 Å². The number of hydrogen-bond acceptors (Lipinski definition) is 5. The van der Waals surface area contributed by atoms with E-state index >= 15 is 0 Å². The molecule has 0 aliphatic rings. The van der Waals surface area contributed by atoms with Crippen LogP contribution in [0.25, 0.3) is 11.8 Å². The zero-order chi connectivity index (χ0) is 20.4. The lowest BCUT2D eigenvalue weighted by molar-refractivity contribution is -0.148. The van der Waals surface area contributed by atoms with Crippen LogP contribution in [-0.2, 0) is 19.6 Å². The van der Waals surface area contributed by atoms with Crippen LogP contribution in [0.1, 0.15) is 26.3 Å². The van der Waals surface area contributed by atoms with Gasteiger partial charge in [0.2, 0.25) is 0 Å². The number of carbonyl (C=O) groups excluding carboxylic acids is 1. The summed E-state index contributed by atoms with van der Waals surface area (Å²) in [6.45, 7) is 5.33. The number of aromatic nitrogens is 3. The van der Waals surface area contributed by atoms with Crippen molar-refractivity contribution in [3.8, 4) is 5.69 Å². The normalized spacial score (nSPS) is 12.4. The summed E-state index contributed by atoms with van der Waals surface area (Å²) in [5, 5.41) is 4.11. The van der Waals surface area contributed by atoms with E-state index in [0.29, 0.717) is 5.56 Å². The Hall–Kier alpha value is -3.13. The molecule has 0 amide bonds. The minimum atomic E-state index is -3.73. The summed E-state index contributed by atoms with van der Waals surface area (Å²) in [5.41, 5.74) is 0.749. The lowest BCUT2D eigenvalue weighted by atomic mass is 10.2. The Morgan fingerprint density at radius 2 is 1.82 bits per heavy atom. The second-order valence-electron chi connectivity index (χ2n) is 7.09. The molecule has 0 aliphatic carbocycles. The zero-order valence-corrected chi connectivity index (χ0v) is 16.6. The second kappa shape index (κ2) is 7.47. The minimum Gasteiger partial charge on any atom is -0.457 e. The van der Waals surface area contributed by atoms with Gasteiger partial charge < -0.3 is 4.74 Å². The molecule has 28 heavy (non-hydrogen) atoms. The highest BCUT2D eigenvalue weighted by Crippen LogP contribution is 2.18. The molecule has 8 heteroatoms. The van der Waals surface area contributed by atoms with Crippen molar-refractivity contribution < 1.29 is 17.9 Å². The van der Waals surface area contributed by atoms with Gasteiger partial charge in [-0.15, -0.1) is 0 Å². The Morgan fingerprint density at radius 3 is 2.43 bits per heavy atom. The number of benzene rings is 1. The van der Waals surface area contributed by atoms with Crippen LogP contribution in [0.3, 0.4) is 0 Å². The van der Waals surface area contributed by atoms with Crippen molar-refractivity contribution in [2.45, 2.75) is 31.3 Å². The molecule has 2 heterocycles. The number of rotatable bonds is 5. The first kappa shape index (κ1) is 19.6. The van der Waals surface area contributed by atoms with Crippen LogP contribution in [-0.4, -0.2) is 33.7 Å². The van der Waals surface area contributed by atoms with Crippen LogP contribution in [0.2, 0.25) is 0 Å². The van der Waals surface area contributed by atoms with E-state index < -0.39 is 21.6 Å². The molecule has 3 rings (SSSR count). The van der Waals surface area contributed by atoms with E-state index in [4.69, 9.17) is 4.74 Å². The molecule has 0 saturated heterocycles. The van der Waals surface area contributed by atoms with Gasteiger partial charge in [0, 0.05) is 30.9 Å². The molecule has 1 aromatic carbocycles. The molecule has 2 aromatic heterocycles. The van der Waals surface area contributed by atoms with E-state index in [1.807, 2.05) is 0 Å². The van der Waals surface area contributed by atoms with Gasteiger partial charge in [-0.25, -0.2) is 21.9 Å². The predicted molar refractivity (Wildman–Crippen MR) is 105 cm³/mol. The maximum atomic E-state index is 12.8. The van der Waals surface area contributed by atoms with Gasteiger partial charge in [-0.05, 0) is 68.8 Å². The topological polar surface area (TPSA) is 83.2 Å². The predicted octanol–water partition coefficient (Wildman–Crippen LogP) is 3.27. The average molecular weight is 399 g/mol. The quantitative estimate of drug-likeness (QED) is 0.486. The Labute approximate surface area is 163 Å². The van der Waals surface area contributed by atoms with Crippen LogP contribution >= 0.6 is 0 Å². The SMILES string of the molecule is CC(C)(C)OC(=O)C=Cc1ccn(S(=O)(=O)c2ccc(-n3cccn3)cc2)c1. The van der Waals surface area contributed by atoms with Crippen molar-refractivity contribution in [2.24, 2.45) is 0 Å². The minimum absolute atomic E-state index is 0.154. The summed E-state index contributed by atoms with van der Waals surface area (Å²) < 4.78 is 33.5. The van der Waals surface area contributed by atoms with Crippen molar-refractivity contribution >= 4 is 22.1 Å². The number of nitrogens with zero attached hydrogens (tertiary/aromatic N) is 3. The molecule has 3 aromatic rings. The molecule has 0 aliphatic heterocycles. The first-order chi connectivity index (χ1) is 13.1. The third-order valence-electron chi connectivity index (χ3n) is 3.69. The summed E-state index contributed by atoms with van der Waals surface area (Å²) >= 11 is 0. The Kier molecular flexibility index (Phi) is 5.24. The van der Waals surface area contributed by atoms with Gasteiger partial charge in [-0.3, -0.25) is 0 Å².